The van der Waals surface area contributed by atoms with Crippen LogP contribution in [0.25, 0.3) is 0 Å². The molecule has 1 aromatic carbocycles. The van der Waals surface area contributed by atoms with Crippen molar-refractivity contribution in [3.8, 4) is 11.5 Å². The van der Waals surface area contributed by atoms with Crippen molar-refractivity contribution in [2.24, 2.45) is 17.3 Å². The summed E-state index contributed by atoms with van der Waals surface area (Å²) >= 11 is 3.56. The second-order valence-electron chi connectivity index (χ2n) is 7.41. The number of benzene rings is 1. The van der Waals surface area contributed by atoms with Gasteiger partial charge in [-0.15, -0.1) is 0 Å². The molecule has 0 spiro atoms. The zero-order chi connectivity index (χ0) is 18.8. The van der Waals surface area contributed by atoms with Gasteiger partial charge in [0.05, 0.1) is 20.1 Å². The first-order valence-corrected chi connectivity index (χ1v) is 9.34. The van der Waals surface area contributed by atoms with E-state index in [1.54, 1.807) is 14.2 Å². The predicted molar refractivity (Wildman–Crippen MR) is 104 cm³/mol. The number of hydrogen-bond donors (Lipinski definition) is 1. The van der Waals surface area contributed by atoms with Crippen LogP contribution in [0.5, 0.6) is 11.5 Å². The molecule has 0 bridgehead atoms. The summed E-state index contributed by atoms with van der Waals surface area (Å²) in [5.74, 6) is 1.93. The minimum Gasteiger partial charge on any atom is -0.493 e. The maximum Gasteiger partial charge on any atom is 0.224 e. The van der Waals surface area contributed by atoms with Gasteiger partial charge in [-0.2, -0.15) is 0 Å². The average Bonchev–Trinajstić information content (AvgIpc) is 3.07. The van der Waals surface area contributed by atoms with Crippen molar-refractivity contribution in [2.45, 2.75) is 34.1 Å². The summed E-state index contributed by atoms with van der Waals surface area (Å²) < 4.78 is 11.6. The van der Waals surface area contributed by atoms with Gasteiger partial charge in [-0.25, -0.2) is 0 Å². The third kappa shape index (κ3) is 4.38. The lowest BCUT2D eigenvalue weighted by Gasteiger charge is -2.12. The lowest BCUT2D eigenvalue weighted by molar-refractivity contribution is -0.123. The first-order valence-electron chi connectivity index (χ1n) is 8.55. The Bertz CT molecular complexity index is 678. The Balaban J connectivity index is 1.95. The van der Waals surface area contributed by atoms with Crippen molar-refractivity contribution in [2.75, 3.05) is 20.8 Å². The average molecular weight is 410 g/mol. The molecule has 5 heteroatoms. The summed E-state index contributed by atoms with van der Waals surface area (Å²) in [6, 6.07) is 3.84. The highest BCUT2D eigenvalue weighted by Gasteiger charge is 2.60. The fourth-order valence-corrected chi connectivity index (χ4v) is 3.89. The predicted octanol–water partition coefficient (Wildman–Crippen LogP) is 4.36. The van der Waals surface area contributed by atoms with E-state index in [0.29, 0.717) is 24.0 Å². The van der Waals surface area contributed by atoms with E-state index in [4.69, 9.17) is 9.47 Å². The normalized spacial score (nSPS) is 20.6. The van der Waals surface area contributed by atoms with Crippen molar-refractivity contribution in [3.05, 3.63) is 33.8 Å². The van der Waals surface area contributed by atoms with E-state index in [1.165, 1.54) is 5.57 Å². The second kappa shape index (κ2) is 7.81. The number of carbonyl (C=O) groups is 1. The van der Waals surface area contributed by atoms with Gasteiger partial charge < -0.3 is 14.8 Å². The second-order valence-corrected chi connectivity index (χ2v) is 8.26. The van der Waals surface area contributed by atoms with Gasteiger partial charge in [0.1, 0.15) is 0 Å². The monoisotopic (exact) mass is 409 g/mol. The Morgan fingerprint density at radius 2 is 1.84 bits per heavy atom. The van der Waals surface area contributed by atoms with E-state index in [9.17, 15) is 4.79 Å². The molecular formula is C20H28BrNO3. The number of hydrogen-bond acceptors (Lipinski definition) is 3. The zero-order valence-electron chi connectivity index (χ0n) is 15.9. The maximum atomic E-state index is 12.5. The highest BCUT2D eigenvalue weighted by molar-refractivity contribution is 9.10. The molecule has 2 unspecified atom stereocenters. The van der Waals surface area contributed by atoms with Crippen LogP contribution in [0.15, 0.2) is 28.3 Å². The van der Waals surface area contributed by atoms with Crippen molar-refractivity contribution in [3.63, 3.8) is 0 Å². The molecule has 25 heavy (non-hydrogen) atoms. The molecule has 1 N–H and O–H groups in total. The molecule has 2 rings (SSSR count). The van der Waals surface area contributed by atoms with Gasteiger partial charge in [0, 0.05) is 11.0 Å². The van der Waals surface area contributed by atoms with Crippen LogP contribution in [0.2, 0.25) is 0 Å². The number of amides is 1. The third-order valence-corrected chi connectivity index (χ3v) is 5.69. The Labute approximate surface area is 159 Å². The number of nitrogens with one attached hydrogen (secondary N) is 1. The highest BCUT2D eigenvalue weighted by Crippen LogP contribution is 2.59. The molecule has 4 nitrogen and oxygen atoms in total. The number of ether oxygens (including phenoxy) is 2. The molecule has 1 saturated carbocycles. The largest absolute Gasteiger partial charge is 0.493 e. The Hall–Kier alpha value is -1.49. The smallest absolute Gasteiger partial charge is 0.224 e. The number of allylic oxidation sites excluding steroid dienone is 2. The summed E-state index contributed by atoms with van der Waals surface area (Å²) in [6.07, 6.45) is 2.95. The van der Waals surface area contributed by atoms with Crippen LogP contribution in [0.3, 0.4) is 0 Å². The highest BCUT2D eigenvalue weighted by atomic mass is 79.9. The van der Waals surface area contributed by atoms with Crippen LogP contribution in [0.4, 0.5) is 0 Å². The van der Waals surface area contributed by atoms with Crippen LogP contribution >= 0.6 is 15.9 Å². The van der Waals surface area contributed by atoms with E-state index < -0.39 is 0 Å². The number of carbonyl (C=O) groups excluding carboxylic acids is 1. The molecule has 1 aliphatic carbocycles. The number of halogens is 1. The van der Waals surface area contributed by atoms with Gasteiger partial charge in [-0.05, 0) is 49.3 Å². The van der Waals surface area contributed by atoms with Crippen LogP contribution in [-0.2, 0) is 11.2 Å². The zero-order valence-corrected chi connectivity index (χ0v) is 17.5. The number of methoxy groups -OCH3 is 2. The molecule has 138 valence electrons. The van der Waals surface area contributed by atoms with Crippen molar-refractivity contribution >= 4 is 21.8 Å². The summed E-state index contributed by atoms with van der Waals surface area (Å²) in [6.45, 7) is 9.08. The summed E-state index contributed by atoms with van der Waals surface area (Å²) in [5.41, 5.74) is 2.39. The molecule has 0 radical (unpaired) electrons. The van der Waals surface area contributed by atoms with E-state index >= 15 is 0 Å². The summed E-state index contributed by atoms with van der Waals surface area (Å²) in [5, 5.41) is 3.08. The quantitative estimate of drug-likeness (QED) is 0.680. The summed E-state index contributed by atoms with van der Waals surface area (Å²) in [4.78, 5) is 12.5. The van der Waals surface area contributed by atoms with Gasteiger partial charge in [-0.3, -0.25) is 4.79 Å². The number of rotatable bonds is 7. The summed E-state index contributed by atoms with van der Waals surface area (Å²) in [7, 11) is 3.24. The van der Waals surface area contributed by atoms with E-state index in [1.807, 2.05) is 12.1 Å². The van der Waals surface area contributed by atoms with Gasteiger partial charge in [0.15, 0.2) is 11.5 Å². The molecule has 1 aromatic rings. The van der Waals surface area contributed by atoms with Crippen molar-refractivity contribution < 1.29 is 14.3 Å². The lowest BCUT2D eigenvalue weighted by Crippen LogP contribution is -2.28. The minimum absolute atomic E-state index is 0.0469. The fraction of sp³-hybridized carbons (Fsp3) is 0.550. The van der Waals surface area contributed by atoms with Crippen molar-refractivity contribution in [1.29, 1.82) is 0 Å². The van der Waals surface area contributed by atoms with Crippen LogP contribution in [0.1, 0.15) is 33.3 Å². The van der Waals surface area contributed by atoms with E-state index in [0.717, 1.165) is 16.5 Å². The van der Waals surface area contributed by atoms with Gasteiger partial charge >= 0.3 is 0 Å². The molecule has 1 fully saturated rings. The molecular weight excluding hydrogens is 382 g/mol. The molecule has 2 atom stereocenters. The van der Waals surface area contributed by atoms with Crippen LogP contribution in [-0.4, -0.2) is 26.7 Å². The first-order chi connectivity index (χ1) is 11.7. The standard InChI is InChI=1S/C20H28BrNO3/c1-12(2)9-14-18(20(14,3)4)19(23)22-8-7-13-10-16(24-5)17(25-6)11-15(13)21/h9-11,14,18H,7-8H2,1-6H3,(H,22,23). The van der Waals surface area contributed by atoms with Crippen LogP contribution in [0, 0.1) is 17.3 Å². The molecule has 1 amide bonds. The first kappa shape index (κ1) is 19.8. The van der Waals surface area contributed by atoms with Crippen molar-refractivity contribution in [1.82, 2.24) is 5.32 Å². The maximum absolute atomic E-state index is 12.5. The van der Waals surface area contributed by atoms with Gasteiger partial charge in [0.25, 0.3) is 0 Å². The molecule has 1 aliphatic rings. The fourth-order valence-electron chi connectivity index (χ4n) is 3.37. The Kier molecular flexibility index (Phi) is 6.20. The molecule has 0 aromatic heterocycles. The minimum atomic E-state index is 0.0469. The Morgan fingerprint density at radius 3 is 2.40 bits per heavy atom. The SMILES string of the molecule is COc1cc(Br)c(CCNC(=O)C2C(C=C(C)C)C2(C)C)cc1OC. The van der Waals surface area contributed by atoms with Crippen LogP contribution < -0.4 is 14.8 Å². The van der Waals surface area contributed by atoms with E-state index in [-0.39, 0.29) is 17.2 Å². The molecule has 0 heterocycles. The Morgan fingerprint density at radius 1 is 1.24 bits per heavy atom. The molecule has 0 saturated heterocycles. The van der Waals surface area contributed by atoms with E-state index in [2.05, 4.69) is 55.0 Å². The van der Waals surface area contributed by atoms with Gasteiger partial charge in [0.2, 0.25) is 5.91 Å². The van der Waals surface area contributed by atoms with Gasteiger partial charge in [-0.1, -0.05) is 41.4 Å². The third-order valence-electron chi connectivity index (χ3n) is 4.95. The molecule has 0 aliphatic heterocycles. The lowest BCUT2D eigenvalue weighted by atomic mass is 10.1. The topological polar surface area (TPSA) is 47.6 Å².